The summed E-state index contributed by atoms with van der Waals surface area (Å²) in [5, 5.41) is 6.26. The Balaban J connectivity index is 1.88. The van der Waals surface area contributed by atoms with E-state index in [0.717, 1.165) is 11.1 Å². The average Bonchev–Trinajstić information content (AvgIpc) is 2.95. The Bertz CT molecular complexity index is 783. The van der Waals surface area contributed by atoms with Gasteiger partial charge in [0.2, 0.25) is 0 Å². The molecule has 3 rings (SSSR count). The Labute approximate surface area is 126 Å². The van der Waals surface area contributed by atoms with Crippen molar-refractivity contribution in [1.29, 1.82) is 0 Å². The van der Waals surface area contributed by atoms with Crippen LogP contribution in [0.3, 0.4) is 0 Å². The minimum atomic E-state index is -0.401. The van der Waals surface area contributed by atoms with Crippen LogP contribution < -0.4 is 5.32 Å². The summed E-state index contributed by atoms with van der Waals surface area (Å²) in [5.74, 6) is -0.401. The Hall–Kier alpha value is -2.40. The molecule has 4 nitrogen and oxygen atoms in total. The molecular formula is C16H14N2O2S. The summed E-state index contributed by atoms with van der Waals surface area (Å²) in [6, 6.07) is 14.2. The fraction of sp³-hybridized carbons (Fsp3) is 0.125. The quantitative estimate of drug-likeness (QED) is 0.733. The summed E-state index contributed by atoms with van der Waals surface area (Å²) < 4.78 is 5.00. The van der Waals surface area contributed by atoms with E-state index in [4.69, 9.17) is 4.74 Å². The van der Waals surface area contributed by atoms with Crippen molar-refractivity contribution < 1.29 is 9.53 Å². The molecule has 0 aliphatic carbocycles. The summed E-state index contributed by atoms with van der Waals surface area (Å²) in [6.07, 6.45) is 0. The van der Waals surface area contributed by atoms with Crippen LogP contribution in [0.2, 0.25) is 0 Å². The second kappa shape index (κ2) is 5.93. The van der Waals surface area contributed by atoms with Gasteiger partial charge in [0.15, 0.2) is 5.69 Å². The number of carbonyl (C=O) groups is 1. The maximum Gasteiger partial charge on any atom is 0.360 e. The number of benzene rings is 2. The number of rotatable bonds is 4. The predicted molar refractivity (Wildman–Crippen MR) is 85.3 cm³/mol. The summed E-state index contributed by atoms with van der Waals surface area (Å²) in [7, 11) is 0. The number of thiazole rings is 1. The second-order valence-electron chi connectivity index (χ2n) is 4.44. The maximum absolute atomic E-state index is 11.8. The highest BCUT2D eigenvalue weighted by atomic mass is 32.1. The number of ether oxygens (including phenoxy) is 1. The molecule has 0 radical (unpaired) electrons. The number of nitrogens with zero attached hydrogens (tertiary/aromatic N) is 1. The minimum absolute atomic E-state index is 0.329. The van der Waals surface area contributed by atoms with E-state index in [0.29, 0.717) is 17.3 Å². The lowest BCUT2D eigenvalue weighted by Crippen LogP contribution is -2.07. The lowest BCUT2D eigenvalue weighted by Gasteiger charge is -2.07. The van der Waals surface area contributed by atoms with Gasteiger partial charge in [0.25, 0.3) is 0 Å². The standard InChI is InChI=1S/C16H14N2O2S/c1-2-20-16(19)14-15(21-10-17-14)18-13-8-7-11-5-3-4-6-12(11)9-13/h3-10,18H,2H2,1H3. The third-order valence-electron chi connectivity index (χ3n) is 3.04. The van der Waals surface area contributed by atoms with E-state index in [9.17, 15) is 4.79 Å². The first kappa shape index (κ1) is 13.6. The third kappa shape index (κ3) is 2.87. The molecule has 106 valence electrons. The highest BCUT2D eigenvalue weighted by molar-refractivity contribution is 7.14. The van der Waals surface area contributed by atoms with E-state index in [-0.39, 0.29) is 0 Å². The molecule has 0 aliphatic heterocycles. The van der Waals surface area contributed by atoms with Crippen molar-refractivity contribution >= 4 is 38.8 Å². The maximum atomic E-state index is 11.8. The SMILES string of the molecule is CCOC(=O)c1ncsc1Nc1ccc2ccccc2c1. The number of fused-ring (bicyclic) bond motifs is 1. The fourth-order valence-corrected chi connectivity index (χ4v) is 2.77. The van der Waals surface area contributed by atoms with Crippen LogP contribution in [0.1, 0.15) is 17.4 Å². The van der Waals surface area contributed by atoms with Crippen molar-refractivity contribution in [3.05, 3.63) is 53.7 Å². The number of carbonyl (C=O) groups excluding carboxylic acids is 1. The molecule has 0 unspecified atom stereocenters. The van der Waals surface area contributed by atoms with Crippen molar-refractivity contribution in [3.8, 4) is 0 Å². The van der Waals surface area contributed by atoms with Crippen molar-refractivity contribution in [3.63, 3.8) is 0 Å². The minimum Gasteiger partial charge on any atom is -0.461 e. The summed E-state index contributed by atoms with van der Waals surface area (Å²) in [6.45, 7) is 2.12. The molecule has 1 heterocycles. The second-order valence-corrected chi connectivity index (χ2v) is 5.29. The van der Waals surface area contributed by atoms with E-state index in [1.807, 2.05) is 30.3 Å². The van der Waals surface area contributed by atoms with Crippen molar-refractivity contribution in [2.24, 2.45) is 0 Å². The van der Waals surface area contributed by atoms with Crippen LogP contribution in [0, 0.1) is 0 Å². The van der Waals surface area contributed by atoms with E-state index in [2.05, 4.69) is 22.4 Å². The Morgan fingerprint density at radius 3 is 2.86 bits per heavy atom. The first-order valence-electron chi connectivity index (χ1n) is 6.64. The fourth-order valence-electron chi connectivity index (χ4n) is 2.08. The first-order chi connectivity index (χ1) is 10.3. The van der Waals surface area contributed by atoms with Gasteiger partial charge in [-0.05, 0) is 29.8 Å². The Morgan fingerprint density at radius 1 is 1.24 bits per heavy atom. The van der Waals surface area contributed by atoms with Crippen LogP contribution in [0.15, 0.2) is 48.0 Å². The Kier molecular flexibility index (Phi) is 3.83. The third-order valence-corrected chi connectivity index (χ3v) is 3.79. The van der Waals surface area contributed by atoms with Crippen LogP contribution in [0.25, 0.3) is 10.8 Å². The van der Waals surface area contributed by atoms with Gasteiger partial charge in [-0.3, -0.25) is 0 Å². The topological polar surface area (TPSA) is 51.2 Å². The molecule has 21 heavy (non-hydrogen) atoms. The van der Waals surface area contributed by atoms with Gasteiger partial charge < -0.3 is 10.1 Å². The van der Waals surface area contributed by atoms with Crippen LogP contribution in [-0.4, -0.2) is 17.6 Å². The summed E-state index contributed by atoms with van der Waals surface area (Å²) in [4.78, 5) is 15.9. The largest absolute Gasteiger partial charge is 0.461 e. The van der Waals surface area contributed by atoms with Gasteiger partial charge >= 0.3 is 5.97 Å². The number of esters is 1. The van der Waals surface area contributed by atoms with Crippen LogP contribution >= 0.6 is 11.3 Å². The highest BCUT2D eigenvalue weighted by Crippen LogP contribution is 2.27. The van der Waals surface area contributed by atoms with Gasteiger partial charge in [-0.2, -0.15) is 0 Å². The van der Waals surface area contributed by atoms with Gasteiger partial charge in [0, 0.05) is 5.69 Å². The lowest BCUT2D eigenvalue weighted by atomic mass is 10.1. The zero-order chi connectivity index (χ0) is 14.7. The van der Waals surface area contributed by atoms with Gasteiger partial charge in [-0.15, -0.1) is 11.3 Å². The lowest BCUT2D eigenvalue weighted by molar-refractivity contribution is 0.0521. The molecule has 0 fully saturated rings. The number of aromatic nitrogens is 1. The molecule has 0 aliphatic rings. The first-order valence-corrected chi connectivity index (χ1v) is 7.52. The predicted octanol–water partition coefficient (Wildman–Crippen LogP) is 4.22. The number of nitrogens with one attached hydrogen (secondary N) is 1. The molecule has 0 spiro atoms. The van der Waals surface area contributed by atoms with Gasteiger partial charge in [0.05, 0.1) is 12.1 Å². The molecule has 5 heteroatoms. The smallest absolute Gasteiger partial charge is 0.360 e. The van der Waals surface area contributed by atoms with Crippen LogP contribution in [0.5, 0.6) is 0 Å². The van der Waals surface area contributed by atoms with Gasteiger partial charge in [-0.25, -0.2) is 9.78 Å². The zero-order valence-electron chi connectivity index (χ0n) is 11.5. The van der Waals surface area contributed by atoms with E-state index >= 15 is 0 Å². The molecule has 0 bridgehead atoms. The molecule has 0 saturated carbocycles. The van der Waals surface area contributed by atoms with E-state index in [1.165, 1.54) is 16.7 Å². The molecule has 0 amide bonds. The summed E-state index contributed by atoms with van der Waals surface area (Å²) in [5.41, 5.74) is 2.88. The van der Waals surface area contributed by atoms with Crippen LogP contribution in [-0.2, 0) is 4.74 Å². The molecule has 0 saturated heterocycles. The summed E-state index contributed by atoms with van der Waals surface area (Å²) >= 11 is 1.38. The van der Waals surface area contributed by atoms with Crippen molar-refractivity contribution in [2.45, 2.75) is 6.92 Å². The van der Waals surface area contributed by atoms with Crippen LogP contribution in [0.4, 0.5) is 10.7 Å². The monoisotopic (exact) mass is 298 g/mol. The van der Waals surface area contributed by atoms with Gasteiger partial charge in [-0.1, -0.05) is 30.3 Å². The average molecular weight is 298 g/mol. The molecule has 1 N–H and O–H groups in total. The number of anilines is 2. The molecule has 0 atom stereocenters. The van der Waals surface area contributed by atoms with E-state index < -0.39 is 5.97 Å². The molecule has 3 aromatic rings. The molecule has 2 aromatic carbocycles. The van der Waals surface area contributed by atoms with Crippen molar-refractivity contribution in [1.82, 2.24) is 4.98 Å². The molecular weight excluding hydrogens is 284 g/mol. The zero-order valence-corrected chi connectivity index (χ0v) is 12.3. The van der Waals surface area contributed by atoms with E-state index in [1.54, 1.807) is 12.4 Å². The Morgan fingerprint density at radius 2 is 2.05 bits per heavy atom. The molecule has 1 aromatic heterocycles. The number of hydrogen-bond donors (Lipinski definition) is 1. The van der Waals surface area contributed by atoms with Gasteiger partial charge in [0.1, 0.15) is 5.00 Å². The normalized spacial score (nSPS) is 10.5. The van der Waals surface area contributed by atoms with Crippen molar-refractivity contribution in [2.75, 3.05) is 11.9 Å². The number of hydrogen-bond acceptors (Lipinski definition) is 5. The highest BCUT2D eigenvalue weighted by Gasteiger charge is 2.16.